The number of rotatable bonds is 5. The van der Waals surface area contributed by atoms with Crippen molar-refractivity contribution >= 4 is 29.9 Å². The summed E-state index contributed by atoms with van der Waals surface area (Å²) in [5, 5.41) is 0. The monoisotopic (exact) mass is 293 g/mol. The number of halogens is 3. The Morgan fingerprint density at radius 1 is 1.47 bits per heavy atom. The lowest BCUT2D eigenvalue weighted by Gasteiger charge is -2.08. The number of benzene rings is 1. The number of hydrogen-bond acceptors (Lipinski definition) is 5. The van der Waals surface area contributed by atoms with Crippen molar-refractivity contribution < 1.29 is 26.9 Å². The van der Waals surface area contributed by atoms with Crippen LogP contribution >= 0.6 is 12.0 Å². The van der Waals surface area contributed by atoms with Crippen LogP contribution in [0.2, 0.25) is 0 Å². The number of carbonyl (C=O) groups is 1. The van der Waals surface area contributed by atoms with E-state index in [-0.39, 0.29) is 17.9 Å². The summed E-state index contributed by atoms with van der Waals surface area (Å²) in [6.45, 7) is 0. The smallest absolute Gasteiger partial charge is 0.406 e. The number of alkyl halides is 3. The van der Waals surface area contributed by atoms with Crippen molar-refractivity contribution in [2.24, 2.45) is 4.99 Å². The Kier molecular flexibility index (Phi) is 5.68. The van der Waals surface area contributed by atoms with Crippen LogP contribution in [0.5, 0.6) is 5.75 Å². The van der Waals surface area contributed by atoms with Crippen molar-refractivity contribution in [1.82, 2.24) is 0 Å². The zero-order chi connectivity index (χ0) is 14.3. The molecule has 1 aromatic carbocycles. The van der Waals surface area contributed by atoms with Gasteiger partial charge in [-0.2, -0.15) is 0 Å². The second kappa shape index (κ2) is 7.03. The summed E-state index contributed by atoms with van der Waals surface area (Å²) in [7, 11) is 0. The van der Waals surface area contributed by atoms with Crippen LogP contribution in [0.15, 0.2) is 29.3 Å². The Labute approximate surface area is 111 Å². The van der Waals surface area contributed by atoms with Gasteiger partial charge in [-0.1, -0.05) is 6.07 Å². The maximum absolute atomic E-state index is 12.0. The molecule has 0 radical (unpaired) electrons. The highest BCUT2D eigenvalue weighted by Crippen LogP contribution is 2.26. The van der Waals surface area contributed by atoms with Crippen molar-refractivity contribution in [3.05, 3.63) is 24.3 Å². The highest BCUT2D eigenvalue weighted by atomic mass is 32.2. The molecule has 0 heterocycles. The lowest BCUT2D eigenvalue weighted by Crippen LogP contribution is -2.16. The first-order valence-corrected chi connectivity index (χ1v) is 6.17. The van der Waals surface area contributed by atoms with E-state index in [1.807, 2.05) is 0 Å². The normalized spacial score (nSPS) is 11.6. The lowest BCUT2D eigenvalue weighted by molar-refractivity contribution is -0.274. The average molecular weight is 293 g/mol. The minimum Gasteiger partial charge on any atom is -0.406 e. The molecule has 0 aliphatic rings. The Hall–Kier alpha value is -1.70. The Morgan fingerprint density at radius 3 is 2.84 bits per heavy atom. The van der Waals surface area contributed by atoms with Crippen molar-refractivity contribution in [2.75, 3.05) is 6.26 Å². The van der Waals surface area contributed by atoms with Crippen LogP contribution in [0.4, 0.5) is 18.9 Å². The summed E-state index contributed by atoms with van der Waals surface area (Å²) >= 11 is 0.909. The van der Waals surface area contributed by atoms with Gasteiger partial charge in [-0.25, -0.2) is 0 Å². The molecule has 0 aromatic heterocycles. The van der Waals surface area contributed by atoms with Crippen LogP contribution in [-0.4, -0.2) is 24.8 Å². The fourth-order valence-corrected chi connectivity index (χ4v) is 1.37. The van der Waals surface area contributed by atoms with Gasteiger partial charge in [0.05, 0.1) is 24.2 Å². The molecule has 0 aliphatic carbocycles. The molecule has 0 aliphatic heterocycles. The molecule has 1 aromatic rings. The molecule has 4 nitrogen and oxygen atoms in total. The van der Waals surface area contributed by atoms with Gasteiger partial charge in [-0.3, -0.25) is 9.79 Å². The maximum Gasteiger partial charge on any atom is 0.573 e. The molecule has 0 atom stereocenters. The molecule has 8 heteroatoms. The summed E-state index contributed by atoms with van der Waals surface area (Å²) in [5.74, 6) is -0.854. The first kappa shape index (κ1) is 15.4. The standard InChI is InChI=1S/C11H10F3NO3S/c1-19-18-10(16)5-6-15-8-3-2-4-9(7-8)17-11(12,13)14/h2-4,6-7H,5H2,1H3. The van der Waals surface area contributed by atoms with Crippen LogP contribution in [0.3, 0.4) is 0 Å². The van der Waals surface area contributed by atoms with Crippen molar-refractivity contribution in [3.63, 3.8) is 0 Å². The van der Waals surface area contributed by atoms with Gasteiger partial charge in [0.15, 0.2) is 0 Å². The van der Waals surface area contributed by atoms with Gasteiger partial charge in [-0.15, -0.1) is 13.2 Å². The van der Waals surface area contributed by atoms with E-state index in [4.69, 9.17) is 0 Å². The van der Waals surface area contributed by atoms with E-state index in [0.717, 1.165) is 24.2 Å². The topological polar surface area (TPSA) is 47.9 Å². The largest absolute Gasteiger partial charge is 0.573 e. The van der Waals surface area contributed by atoms with Crippen LogP contribution < -0.4 is 4.74 Å². The van der Waals surface area contributed by atoms with Gasteiger partial charge in [0.25, 0.3) is 0 Å². The summed E-state index contributed by atoms with van der Waals surface area (Å²) in [4.78, 5) is 14.8. The molecule has 0 spiro atoms. The molecule has 0 amide bonds. The lowest BCUT2D eigenvalue weighted by atomic mass is 10.3. The SMILES string of the molecule is CSOC(=O)CC=Nc1cccc(OC(F)(F)F)c1. The Morgan fingerprint density at radius 2 is 2.21 bits per heavy atom. The molecule has 104 valence electrons. The molecule has 0 fully saturated rings. The van der Waals surface area contributed by atoms with Gasteiger partial charge in [0, 0.05) is 18.5 Å². The van der Waals surface area contributed by atoms with E-state index in [9.17, 15) is 18.0 Å². The first-order chi connectivity index (χ1) is 8.90. The summed E-state index contributed by atoms with van der Waals surface area (Å²) in [5.41, 5.74) is 0.249. The molecular formula is C11H10F3NO3S. The quantitative estimate of drug-likeness (QED) is 0.616. The number of ether oxygens (including phenoxy) is 1. The predicted molar refractivity (Wildman–Crippen MR) is 65.5 cm³/mol. The third kappa shape index (κ3) is 6.70. The molecule has 1 rings (SSSR count). The van der Waals surface area contributed by atoms with Crippen LogP contribution in [0.25, 0.3) is 0 Å². The number of aliphatic imine (C=N–C) groups is 1. The number of carbonyl (C=O) groups excluding carboxylic acids is 1. The van der Waals surface area contributed by atoms with Crippen molar-refractivity contribution in [2.45, 2.75) is 12.8 Å². The fourth-order valence-electron chi connectivity index (χ4n) is 1.11. The molecule has 0 bridgehead atoms. The van der Waals surface area contributed by atoms with Gasteiger partial charge in [0.1, 0.15) is 5.75 Å². The second-order valence-electron chi connectivity index (χ2n) is 3.18. The highest BCUT2D eigenvalue weighted by Gasteiger charge is 2.31. The summed E-state index contributed by atoms with van der Waals surface area (Å²) in [6, 6.07) is 5.13. The summed E-state index contributed by atoms with van der Waals surface area (Å²) < 4.78 is 44.3. The van der Waals surface area contributed by atoms with Gasteiger partial charge < -0.3 is 8.92 Å². The van der Waals surface area contributed by atoms with E-state index < -0.39 is 12.3 Å². The minimum absolute atomic E-state index is 0.0643. The third-order valence-electron chi connectivity index (χ3n) is 1.73. The first-order valence-electron chi connectivity index (χ1n) is 5.02. The van der Waals surface area contributed by atoms with Crippen molar-refractivity contribution in [3.8, 4) is 5.75 Å². The Bertz CT molecular complexity index is 463. The number of nitrogens with zero attached hydrogens (tertiary/aromatic N) is 1. The summed E-state index contributed by atoms with van der Waals surface area (Å²) in [6.07, 6.45) is -1.96. The van der Waals surface area contributed by atoms with E-state index in [1.165, 1.54) is 18.3 Å². The zero-order valence-corrected chi connectivity index (χ0v) is 10.6. The van der Waals surface area contributed by atoms with E-state index in [2.05, 4.69) is 13.9 Å². The van der Waals surface area contributed by atoms with Gasteiger partial charge in [0.2, 0.25) is 0 Å². The molecule has 19 heavy (non-hydrogen) atoms. The minimum atomic E-state index is -4.75. The third-order valence-corrected chi connectivity index (χ3v) is 2.08. The van der Waals surface area contributed by atoms with Gasteiger partial charge >= 0.3 is 12.3 Å². The molecule has 0 saturated carbocycles. The maximum atomic E-state index is 12.0. The molecule has 0 N–H and O–H groups in total. The fraction of sp³-hybridized carbons (Fsp3) is 0.273. The van der Waals surface area contributed by atoms with E-state index >= 15 is 0 Å². The average Bonchev–Trinajstić information content (AvgIpc) is 2.27. The molecular weight excluding hydrogens is 283 g/mol. The highest BCUT2D eigenvalue weighted by molar-refractivity contribution is 7.94. The number of hydrogen-bond donors (Lipinski definition) is 0. The molecule has 0 saturated heterocycles. The van der Waals surface area contributed by atoms with E-state index in [0.29, 0.717) is 0 Å². The van der Waals surface area contributed by atoms with Crippen LogP contribution in [-0.2, 0) is 8.98 Å². The van der Waals surface area contributed by atoms with E-state index in [1.54, 1.807) is 6.26 Å². The van der Waals surface area contributed by atoms with Crippen LogP contribution in [0.1, 0.15) is 6.42 Å². The second-order valence-corrected chi connectivity index (χ2v) is 3.68. The molecule has 0 unspecified atom stereocenters. The van der Waals surface area contributed by atoms with Crippen molar-refractivity contribution in [1.29, 1.82) is 0 Å². The Balaban J connectivity index is 2.62. The van der Waals surface area contributed by atoms with Gasteiger partial charge in [-0.05, 0) is 12.1 Å². The van der Waals surface area contributed by atoms with Crippen LogP contribution in [0, 0.1) is 0 Å². The predicted octanol–water partition coefficient (Wildman–Crippen LogP) is 3.50. The zero-order valence-electron chi connectivity index (χ0n) is 9.81.